The topological polar surface area (TPSA) is 27.7 Å². The average Bonchev–Trinajstić information content (AvgIpc) is 2.91. The largest absolute Gasteiger partial charge is 0.458 e. The van der Waals surface area contributed by atoms with Crippen LogP contribution in [0.3, 0.4) is 0 Å². The van der Waals surface area contributed by atoms with Gasteiger partial charge in [0.1, 0.15) is 40.4 Å². The van der Waals surface area contributed by atoms with Gasteiger partial charge in [-0.05, 0) is 41.3 Å². The Kier molecular flexibility index (Phi) is 8.45. The van der Waals surface area contributed by atoms with Crippen molar-refractivity contribution in [3.63, 3.8) is 0 Å². The van der Waals surface area contributed by atoms with Gasteiger partial charge in [-0.15, -0.1) is 0 Å². The predicted molar refractivity (Wildman–Crippen MR) is 137 cm³/mol. The maximum atomic E-state index is 15.0. The Balaban J connectivity index is 1.44. The normalized spacial score (nSPS) is 17.2. The molecule has 1 fully saturated rings. The van der Waals surface area contributed by atoms with E-state index < -0.39 is 86.7 Å². The third kappa shape index (κ3) is 6.69. The Morgan fingerprint density at radius 3 is 2.00 bits per heavy atom. The van der Waals surface area contributed by atoms with Gasteiger partial charge in [-0.25, -0.2) is 26.3 Å². The van der Waals surface area contributed by atoms with Crippen molar-refractivity contribution in [3.8, 4) is 28.7 Å². The van der Waals surface area contributed by atoms with Crippen LogP contribution in [0.1, 0.15) is 29.9 Å². The number of ether oxygens (including phenoxy) is 3. The van der Waals surface area contributed by atoms with Crippen LogP contribution < -0.4 is 4.74 Å². The van der Waals surface area contributed by atoms with Gasteiger partial charge in [-0.2, -0.15) is 22.0 Å². The summed E-state index contributed by atoms with van der Waals surface area (Å²) < 4.78 is 171. The Bertz CT molecular complexity index is 1830. The number of halogens is 11. The van der Waals surface area contributed by atoms with Gasteiger partial charge >= 0.3 is 12.3 Å². The molecule has 5 rings (SSSR count). The minimum Gasteiger partial charge on any atom is -0.429 e. The lowest BCUT2D eigenvalue weighted by atomic mass is 10.00. The van der Waals surface area contributed by atoms with Crippen LogP contribution in [0.5, 0.6) is 5.75 Å². The fourth-order valence-electron chi connectivity index (χ4n) is 4.60. The van der Waals surface area contributed by atoms with E-state index in [1.165, 1.54) is 12.0 Å². The molecule has 3 nitrogen and oxygen atoms in total. The molecule has 0 unspecified atom stereocenters. The second-order valence-corrected chi connectivity index (χ2v) is 10.1. The molecule has 0 bridgehead atoms. The number of benzene rings is 4. The first-order valence-corrected chi connectivity index (χ1v) is 12.8. The number of alkyl halides is 5. The van der Waals surface area contributed by atoms with E-state index in [0.29, 0.717) is 43.4 Å². The second-order valence-electron chi connectivity index (χ2n) is 10.1. The molecule has 4 aromatic carbocycles. The van der Waals surface area contributed by atoms with Crippen molar-refractivity contribution >= 4 is 10.8 Å². The molecule has 0 atom stereocenters. The van der Waals surface area contributed by atoms with Crippen LogP contribution in [0.2, 0.25) is 0 Å². The molecule has 1 aliphatic rings. The molecule has 0 spiro atoms. The molecule has 236 valence electrons. The molecule has 0 amide bonds. The van der Waals surface area contributed by atoms with Gasteiger partial charge in [-0.1, -0.05) is 25.0 Å². The summed E-state index contributed by atoms with van der Waals surface area (Å²) in [5.74, 6) is -9.12. The first kappa shape index (κ1) is 32.1. The maximum Gasteiger partial charge on any atom is 0.458 e. The Morgan fingerprint density at radius 1 is 0.756 bits per heavy atom. The highest BCUT2D eigenvalue weighted by Crippen LogP contribution is 2.40. The van der Waals surface area contributed by atoms with Crippen molar-refractivity contribution in [3.05, 3.63) is 100 Å². The molecule has 0 aliphatic carbocycles. The number of rotatable bonds is 5. The van der Waals surface area contributed by atoms with E-state index in [1.807, 2.05) is 6.92 Å². The zero-order valence-corrected chi connectivity index (χ0v) is 22.6. The van der Waals surface area contributed by atoms with Gasteiger partial charge in [-0.3, -0.25) is 0 Å². The van der Waals surface area contributed by atoms with Crippen LogP contribution >= 0.6 is 0 Å². The molecule has 0 N–H and O–H groups in total. The monoisotopic (exact) mass is 646 g/mol. The summed E-state index contributed by atoms with van der Waals surface area (Å²) in [6, 6.07) is 5.29. The fourth-order valence-corrected chi connectivity index (χ4v) is 4.60. The zero-order chi connectivity index (χ0) is 32.8. The molecular weight excluding hydrogens is 629 g/mol. The lowest BCUT2D eigenvalue weighted by molar-refractivity contribution is -0.202. The van der Waals surface area contributed by atoms with Crippen molar-refractivity contribution in [2.75, 3.05) is 13.2 Å². The van der Waals surface area contributed by atoms with Crippen molar-refractivity contribution in [2.45, 2.75) is 25.5 Å². The fraction of sp³-hybridized carbons (Fsp3) is 0.226. The Morgan fingerprint density at radius 2 is 1.40 bits per heavy atom. The summed E-state index contributed by atoms with van der Waals surface area (Å²) in [6.07, 6.45) is -10.9. The SMILES string of the molecule is CC1COC(c2ccc(-c3cc(F)c(C(F)(F)Oc4cc(F)c5c(F)c(C#CC(F)(F)F)c(F)cc5c4)c(F)c3)c(F)c2)OC1. The van der Waals surface area contributed by atoms with E-state index >= 15 is 8.78 Å². The molecular formula is C31H17F11O3. The summed E-state index contributed by atoms with van der Waals surface area (Å²) in [7, 11) is 0. The molecule has 1 aliphatic heterocycles. The van der Waals surface area contributed by atoms with Crippen molar-refractivity contribution in [1.82, 2.24) is 0 Å². The van der Waals surface area contributed by atoms with E-state index in [9.17, 15) is 39.5 Å². The minimum atomic E-state index is -5.13. The van der Waals surface area contributed by atoms with E-state index in [4.69, 9.17) is 9.47 Å². The smallest absolute Gasteiger partial charge is 0.429 e. The standard InChI is InChI=1S/C31H17F11O3/c1-14-12-43-29(44-13-14)15-2-3-19(21(32)7-15)16-8-24(35)27(25(36)9-16)31(41,42)45-18-6-17-10-22(33)20(4-5-30(38,39)40)28(37)26(17)23(34)11-18/h2-3,6-11,14,29H,12-13H2,1H3. The van der Waals surface area contributed by atoms with E-state index in [2.05, 4.69) is 4.74 Å². The van der Waals surface area contributed by atoms with Crippen LogP contribution in [0, 0.1) is 52.7 Å². The van der Waals surface area contributed by atoms with Crippen LogP contribution in [0.4, 0.5) is 48.3 Å². The van der Waals surface area contributed by atoms with E-state index in [-0.39, 0.29) is 23.1 Å². The molecule has 14 heteroatoms. The first-order valence-electron chi connectivity index (χ1n) is 12.8. The van der Waals surface area contributed by atoms with Crippen LogP contribution in [-0.2, 0) is 15.6 Å². The molecule has 45 heavy (non-hydrogen) atoms. The van der Waals surface area contributed by atoms with Crippen molar-refractivity contribution in [1.29, 1.82) is 0 Å². The molecule has 1 saturated heterocycles. The van der Waals surface area contributed by atoms with Crippen LogP contribution in [0.25, 0.3) is 21.9 Å². The Labute approximate surface area is 247 Å². The average molecular weight is 646 g/mol. The van der Waals surface area contributed by atoms with Crippen molar-refractivity contribution in [2.24, 2.45) is 5.92 Å². The van der Waals surface area contributed by atoms with Gasteiger partial charge in [0.2, 0.25) is 0 Å². The number of hydrogen-bond donors (Lipinski definition) is 0. The van der Waals surface area contributed by atoms with Crippen LogP contribution in [0.15, 0.2) is 48.5 Å². The molecule has 4 aromatic rings. The lowest BCUT2D eigenvalue weighted by Gasteiger charge is -2.27. The summed E-state index contributed by atoms with van der Waals surface area (Å²) in [5.41, 5.74) is -3.92. The lowest BCUT2D eigenvalue weighted by Crippen LogP contribution is -2.25. The zero-order valence-electron chi connectivity index (χ0n) is 22.6. The summed E-state index contributed by atoms with van der Waals surface area (Å²) >= 11 is 0. The van der Waals surface area contributed by atoms with E-state index in [1.54, 1.807) is 0 Å². The summed E-state index contributed by atoms with van der Waals surface area (Å²) in [5, 5.41) is -1.88. The number of fused-ring (bicyclic) bond motifs is 1. The highest BCUT2D eigenvalue weighted by Gasteiger charge is 2.41. The van der Waals surface area contributed by atoms with Gasteiger partial charge in [0, 0.05) is 29.0 Å². The van der Waals surface area contributed by atoms with Gasteiger partial charge in [0.15, 0.2) is 12.1 Å². The highest BCUT2D eigenvalue weighted by atomic mass is 19.4. The van der Waals surface area contributed by atoms with Crippen LogP contribution in [-0.4, -0.2) is 19.4 Å². The second kappa shape index (κ2) is 11.9. The number of hydrogen-bond acceptors (Lipinski definition) is 3. The quantitative estimate of drug-likeness (QED) is 0.160. The third-order valence-electron chi connectivity index (χ3n) is 6.60. The highest BCUT2D eigenvalue weighted by molar-refractivity contribution is 5.87. The first-order chi connectivity index (χ1) is 21.0. The van der Waals surface area contributed by atoms with Gasteiger partial charge in [0.25, 0.3) is 0 Å². The summed E-state index contributed by atoms with van der Waals surface area (Å²) in [4.78, 5) is 0. The third-order valence-corrected chi connectivity index (χ3v) is 6.60. The maximum absolute atomic E-state index is 15.0. The van der Waals surface area contributed by atoms with Crippen molar-refractivity contribution < 1.29 is 62.5 Å². The minimum absolute atomic E-state index is 0.117. The molecule has 0 saturated carbocycles. The van der Waals surface area contributed by atoms with E-state index in [0.717, 1.165) is 12.1 Å². The van der Waals surface area contributed by atoms with Gasteiger partial charge in [0.05, 0.1) is 24.2 Å². The predicted octanol–water partition coefficient (Wildman–Crippen LogP) is 9.06. The molecule has 0 aromatic heterocycles. The van der Waals surface area contributed by atoms with Gasteiger partial charge < -0.3 is 14.2 Å². The molecule has 1 heterocycles. The summed E-state index contributed by atoms with van der Waals surface area (Å²) in [6.45, 7) is 2.58. The Hall–Kier alpha value is -4.35. The molecule has 0 radical (unpaired) electrons.